The Morgan fingerprint density at radius 2 is 1.67 bits per heavy atom. The van der Waals surface area contributed by atoms with Crippen LogP contribution in [-0.4, -0.2) is 9.85 Å². The maximum Gasteiger partial charge on any atom is 0.288 e. The van der Waals surface area contributed by atoms with Gasteiger partial charge in [-0.15, -0.1) is 11.8 Å². The molecule has 0 spiro atoms. The molecule has 0 heterocycles. The second kappa shape index (κ2) is 6.55. The number of halogens is 1. The van der Waals surface area contributed by atoms with Crippen LogP contribution in [0.2, 0.25) is 5.02 Å². The molecule has 2 aromatic carbocycles. The van der Waals surface area contributed by atoms with E-state index in [1.165, 1.54) is 30.0 Å². The van der Waals surface area contributed by atoms with Gasteiger partial charge in [-0.1, -0.05) is 29.8 Å². The lowest BCUT2D eigenvalue weighted by Crippen LogP contribution is -1.92. The maximum absolute atomic E-state index is 10.9. The maximum atomic E-state index is 10.9. The van der Waals surface area contributed by atoms with Gasteiger partial charge in [0.1, 0.15) is 5.02 Å². The highest BCUT2D eigenvalue weighted by Gasteiger charge is 2.15. The van der Waals surface area contributed by atoms with Crippen molar-refractivity contribution in [1.29, 1.82) is 0 Å². The van der Waals surface area contributed by atoms with E-state index in [0.717, 1.165) is 0 Å². The van der Waals surface area contributed by atoms with Crippen molar-refractivity contribution in [1.82, 2.24) is 0 Å². The SMILES string of the molecule is O=[N+]([O-])c1cc(CSc2ccccc2[N+](=O)[O-])ccc1Cl. The molecule has 0 unspecified atom stereocenters. The first-order valence-corrected chi connectivity index (χ1v) is 7.14. The van der Waals surface area contributed by atoms with Gasteiger partial charge in [-0.05, 0) is 17.7 Å². The molecule has 0 aliphatic heterocycles. The van der Waals surface area contributed by atoms with Gasteiger partial charge in [0.15, 0.2) is 0 Å². The molecule has 0 atom stereocenters. The average Bonchev–Trinajstić information content (AvgIpc) is 2.46. The van der Waals surface area contributed by atoms with E-state index < -0.39 is 9.85 Å². The summed E-state index contributed by atoms with van der Waals surface area (Å²) in [6, 6.07) is 10.9. The molecule has 0 amide bonds. The fraction of sp³-hybridized carbons (Fsp3) is 0.0769. The minimum absolute atomic E-state index is 0.0194. The molecule has 0 aromatic heterocycles. The van der Waals surface area contributed by atoms with E-state index in [9.17, 15) is 20.2 Å². The predicted octanol–water partition coefficient (Wildman–Crippen LogP) is 4.45. The van der Waals surface area contributed by atoms with Crippen LogP contribution in [0.1, 0.15) is 5.56 Å². The zero-order valence-corrected chi connectivity index (χ0v) is 12.1. The molecule has 6 nitrogen and oxygen atoms in total. The fourth-order valence-electron chi connectivity index (χ4n) is 1.68. The van der Waals surface area contributed by atoms with Crippen molar-refractivity contribution < 1.29 is 9.85 Å². The van der Waals surface area contributed by atoms with Crippen LogP contribution in [0, 0.1) is 20.2 Å². The molecular formula is C13H9ClN2O4S. The van der Waals surface area contributed by atoms with E-state index >= 15 is 0 Å². The Bertz CT molecular complexity index is 708. The summed E-state index contributed by atoms with van der Waals surface area (Å²) >= 11 is 6.98. The van der Waals surface area contributed by atoms with Crippen LogP contribution in [0.25, 0.3) is 0 Å². The third-order valence-corrected chi connectivity index (χ3v) is 4.12. The summed E-state index contributed by atoms with van der Waals surface area (Å²) in [5, 5.41) is 21.8. The summed E-state index contributed by atoms with van der Waals surface area (Å²) in [6.45, 7) is 0. The normalized spacial score (nSPS) is 10.3. The monoisotopic (exact) mass is 324 g/mol. The van der Waals surface area contributed by atoms with Gasteiger partial charge < -0.3 is 0 Å². The van der Waals surface area contributed by atoms with Crippen LogP contribution < -0.4 is 0 Å². The highest BCUT2D eigenvalue weighted by molar-refractivity contribution is 7.98. The molecule has 21 heavy (non-hydrogen) atoms. The van der Waals surface area contributed by atoms with Crippen LogP contribution >= 0.6 is 23.4 Å². The number of rotatable bonds is 5. The standard InChI is InChI=1S/C13H9ClN2O4S/c14-10-6-5-9(7-12(10)16(19)20)8-21-13-4-2-1-3-11(13)15(17)18/h1-7H,8H2. The van der Waals surface area contributed by atoms with Crippen molar-refractivity contribution >= 4 is 34.7 Å². The van der Waals surface area contributed by atoms with Gasteiger partial charge in [-0.25, -0.2) is 0 Å². The van der Waals surface area contributed by atoms with Crippen LogP contribution in [0.5, 0.6) is 0 Å². The third-order valence-electron chi connectivity index (χ3n) is 2.66. The second-order valence-corrected chi connectivity index (χ2v) is 5.48. The van der Waals surface area contributed by atoms with Gasteiger partial charge in [0.05, 0.1) is 14.7 Å². The summed E-state index contributed by atoms with van der Waals surface area (Å²) in [5.74, 6) is 0.378. The van der Waals surface area contributed by atoms with Crippen molar-refractivity contribution in [3.8, 4) is 0 Å². The number of hydrogen-bond donors (Lipinski definition) is 0. The van der Waals surface area contributed by atoms with E-state index in [-0.39, 0.29) is 16.4 Å². The molecule has 0 aliphatic rings. The fourth-order valence-corrected chi connectivity index (χ4v) is 2.83. The Balaban J connectivity index is 2.19. The van der Waals surface area contributed by atoms with E-state index in [1.54, 1.807) is 24.3 Å². The number of benzene rings is 2. The number of thioether (sulfide) groups is 1. The van der Waals surface area contributed by atoms with Gasteiger partial charge in [0, 0.05) is 17.9 Å². The first-order valence-electron chi connectivity index (χ1n) is 5.78. The molecule has 2 aromatic rings. The van der Waals surface area contributed by atoms with E-state index in [4.69, 9.17) is 11.6 Å². The van der Waals surface area contributed by atoms with Crippen LogP contribution in [0.4, 0.5) is 11.4 Å². The molecule has 0 aliphatic carbocycles. The minimum atomic E-state index is -0.554. The van der Waals surface area contributed by atoms with Crippen molar-refractivity contribution in [2.45, 2.75) is 10.6 Å². The van der Waals surface area contributed by atoms with Gasteiger partial charge in [-0.3, -0.25) is 20.2 Å². The molecule has 8 heteroatoms. The van der Waals surface area contributed by atoms with Crippen molar-refractivity contribution in [2.24, 2.45) is 0 Å². The van der Waals surface area contributed by atoms with E-state index in [0.29, 0.717) is 16.2 Å². The van der Waals surface area contributed by atoms with Gasteiger partial charge in [-0.2, -0.15) is 0 Å². The first kappa shape index (κ1) is 15.3. The molecule has 2 rings (SSSR count). The lowest BCUT2D eigenvalue weighted by molar-refractivity contribution is -0.387. The molecule has 0 radical (unpaired) electrons. The Kier molecular flexibility index (Phi) is 4.77. The summed E-state index contributed by atoms with van der Waals surface area (Å²) in [6.07, 6.45) is 0. The number of nitrogens with zero attached hydrogens (tertiary/aromatic N) is 2. The Hall–Kier alpha value is -2.12. The third kappa shape index (κ3) is 3.71. The highest BCUT2D eigenvalue weighted by atomic mass is 35.5. The largest absolute Gasteiger partial charge is 0.288 e. The quantitative estimate of drug-likeness (QED) is 0.460. The predicted molar refractivity (Wildman–Crippen MR) is 80.8 cm³/mol. The summed E-state index contributed by atoms with van der Waals surface area (Å²) in [7, 11) is 0. The summed E-state index contributed by atoms with van der Waals surface area (Å²) < 4.78 is 0. The number of nitro benzene ring substituents is 2. The number of hydrogen-bond acceptors (Lipinski definition) is 5. The molecular weight excluding hydrogens is 316 g/mol. The minimum Gasteiger partial charge on any atom is -0.258 e. The lowest BCUT2D eigenvalue weighted by Gasteiger charge is -2.04. The topological polar surface area (TPSA) is 86.3 Å². The van der Waals surface area contributed by atoms with E-state index in [2.05, 4.69) is 0 Å². The van der Waals surface area contributed by atoms with Gasteiger partial charge in [0.2, 0.25) is 0 Å². The van der Waals surface area contributed by atoms with Crippen molar-refractivity contribution in [3.05, 3.63) is 73.3 Å². The second-order valence-electron chi connectivity index (χ2n) is 4.06. The molecule has 0 saturated carbocycles. The molecule has 0 N–H and O–H groups in total. The van der Waals surface area contributed by atoms with Crippen LogP contribution in [0.3, 0.4) is 0 Å². The zero-order valence-electron chi connectivity index (χ0n) is 10.6. The van der Waals surface area contributed by atoms with Gasteiger partial charge in [0.25, 0.3) is 11.4 Å². The molecule has 0 fully saturated rings. The summed E-state index contributed by atoms with van der Waals surface area (Å²) in [4.78, 5) is 21.2. The van der Waals surface area contributed by atoms with Crippen LogP contribution in [-0.2, 0) is 5.75 Å². The Morgan fingerprint density at radius 3 is 2.33 bits per heavy atom. The Labute approximate surface area is 129 Å². The van der Waals surface area contributed by atoms with Crippen molar-refractivity contribution in [3.63, 3.8) is 0 Å². The smallest absolute Gasteiger partial charge is 0.258 e. The average molecular weight is 325 g/mol. The van der Waals surface area contributed by atoms with Crippen molar-refractivity contribution in [2.75, 3.05) is 0 Å². The summed E-state index contributed by atoms with van der Waals surface area (Å²) in [5.41, 5.74) is 0.526. The Morgan fingerprint density at radius 1 is 1.00 bits per heavy atom. The molecule has 0 bridgehead atoms. The van der Waals surface area contributed by atoms with Gasteiger partial charge >= 0.3 is 0 Å². The number of para-hydroxylation sites is 1. The van der Waals surface area contributed by atoms with Crippen LogP contribution in [0.15, 0.2) is 47.4 Å². The number of nitro groups is 2. The lowest BCUT2D eigenvalue weighted by atomic mass is 10.2. The first-order chi connectivity index (χ1) is 9.99. The molecule has 108 valence electrons. The zero-order chi connectivity index (χ0) is 15.4. The molecule has 0 saturated heterocycles. The highest BCUT2D eigenvalue weighted by Crippen LogP contribution is 2.33. The van der Waals surface area contributed by atoms with E-state index in [1.807, 2.05) is 0 Å².